The smallest absolute Gasteiger partial charge is 1.00 e. The Kier molecular flexibility index (Phi) is 13.9. The molecule has 0 aromatic carbocycles. The van der Waals surface area contributed by atoms with Crippen LogP contribution in [0.1, 0.15) is 6.92 Å². The Morgan fingerprint density at radius 2 is 2.00 bits per heavy atom. The number of imidazole rings is 1. The number of aromatic nitrogens is 2. The molecule has 0 aliphatic heterocycles. The Morgan fingerprint density at radius 3 is 2.18 bits per heavy atom. The van der Waals surface area contributed by atoms with Crippen LogP contribution in [0.2, 0.25) is 0 Å². The fourth-order valence-corrected chi connectivity index (χ4v) is 0.689. The van der Waals surface area contributed by atoms with E-state index in [4.69, 9.17) is 0 Å². The van der Waals surface area contributed by atoms with Crippen LogP contribution in [0.5, 0.6) is 0 Å². The standard InChI is InChI=1S/C6H11N2.BrH.ClH.Zn/c1-3-8-5-4-7(2)6-8;;;/h4-6H,3H2,1-2H3;2*1H;/q+1;;;+1/p-2. The van der Waals surface area contributed by atoms with Gasteiger partial charge in [-0.15, -0.1) is 0 Å². The molecule has 5 heteroatoms. The molecule has 0 aliphatic rings. The van der Waals surface area contributed by atoms with Gasteiger partial charge in [-0.1, -0.05) is 0 Å². The molecule has 0 unspecified atom stereocenters. The van der Waals surface area contributed by atoms with Crippen molar-refractivity contribution in [2.75, 3.05) is 0 Å². The van der Waals surface area contributed by atoms with Crippen molar-refractivity contribution < 1.29 is 53.4 Å². The van der Waals surface area contributed by atoms with Gasteiger partial charge in [-0.05, 0) is 6.92 Å². The van der Waals surface area contributed by atoms with E-state index in [0.29, 0.717) is 0 Å². The van der Waals surface area contributed by atoms with E-state index in [2.05, 4.69) is 24.0 Å². The van der Waals surface area contributed by atoms with Crippen LogP contribution in [0.25, 0.3) is 0 Å². The first-order valence-electron chi connectivity index (χ1n) is 2.84. The molecule has 0 N–H and O–H groups in total. The average molecular weight is 292 g/mol. The van der Waals surface area contributed by atoms with Gasteiger partial charge in [0, 0.05) is 0 Å². The first kappa shape index (κ1) is 17.6. The summed E-state index contributed by atoms with van der Waals surface area (Å²) >= 11 is 0. The first-order valence-corrected chi connectivity index (χ1v) is 2.84. The molecule has 2 nitrogen and oxygen atoms in total. The zero-order valence-electron chi connectivity index (χ0n) is 6.80. The van der Waals surface area contributed by atoms with Crippen molar-refractivity contribution in [3.8, 4) is 0 Å². The molecule has 11 heavy (non-hydrogen) atoms. The molecule has 0 amide bonds. The van der Waals surface area contributed by atoms with Crippen LogP contribution >= 0.6 is 0 Å². The second-order valence-electron chi connectivity index (χ2n) is 1.91. The first-order chi connectivity index (χ1) is 3.83. The van der Waals surface area contributed by atoms with E-state index >= 15 is 0 Å². The second-order valence-corrected chi connectivity index (χ2v) is 1.91. The van der Waals surface area contributed by atoms with Crippen LogP contribution in [0.4, 0.5) is 0 Å². The summed E-state index contributed by atoms with van der Waals surface area (Å²) in [5.74, 6) is 0. The molecule has 1 heterocycles. The van der Waals surface area contributed by atoms with E-state index in [1.165, 1.54) is 0 Å². The minimum Gasteiger partial charge on any atom is -1.00 e. The third-order valence-corrected chi connectivity index (χ3v) is 1.19. The van der Waals surface area contributed by atoms with Gasteiger partial charge in [-0.25, -0.2) is 9.13 Å². The zero-order chi connectivity index (χ0) is 5.98. The molecule has 0 fully saturated rings. The normalized spacial score (nSPS) is 7.09. The Balaban J connectivity index is -0.000000213. The van der Waals surface area contributed by atoms with E-state index in [-0.39, 0.29) is 48.9 Å². The predicted molar refractivity (Wildman–Crippen MR) is 31.3 cm³/mol. The maximum absolute atomic E-state index is 2.12. The van der Waals surface area contributed by atoms with Crippen molar-refractivity contribution in [3.63, 3.8) is 0 Å². The van der Waals surface area contributed by atoms with Crippen LogP contribution in [0.3, 0.4) is 0 Å². The maximum atomic E-state index is 2.12. The summed E-state index contributed by atoms with van der Waals surface area (Å²) in [6.07, 6.45) is 6.14. The number of halogens is 2. The molecule has 1 rings (SSSR count). The zero-order valence-corrected chi connectivity index (χ0v) is 12.1. The fourth-order valence-electron chi connectivity index (χ4n) is 0.689. The topological polar surface area (TPSA) is 8.81 Å². The van der Waals surface area contributed by atoms with Crippen molar-refractivity contribution in [2.24, 2.45) is 7.05 Å². The van der Waals surface area contributed by atoms with Gasteiger partial charge < -0.3 is 29.4 Å². The molecule has 0 saturated carbocycles. The SMILES string of the molecule is CC[n+]1ccn(C)c1.[Br-].[Cl-].[Zn+]. The number of hydrogen-bond donors (Lipinski definition) is 0. The summed E-state index contributed by atoms with van der Waals surface area (Å²) < 4.78 is 4.16. The van der Waals surface area contributed by atoms with Gasteiger partial charge in [0.2, 0.25) is 6.33 Å². The van der Waals surface area contributed by atoms with Gasteiger partial charge in [-0.2, -0.15) is 0 Å². The second kappa shape index (κ2) is 8.70. The third-order valence-electron chi connectivity index (χ3n) is 1.19. The van der Waals surface area contributed by atoms with Crippen LogP contribution in [-0.2, 0) is 33.1 Å². The Labute approximate surface area is 96.9 Å². The van der Waals surface area contributed by atoms with E-state index in [1.54, 1.807) is 0 Å². The molecule has 0 spiro atoms. The molecular weight excluding hydrogens is 281 g/mol. The maximum Gasteiger partial charge on any atom is 1.00 e. The summed E-state index contributed by atoms with van der Waals surface area (Å²) in [6, 6.07) is 0. The van der Waals surface area contributed by atoms with Crippen LogP contribution in [-0.4, -0.2) is 4.57 Å². The minimum atomic E-state index is 0. The minimum absolute atomic E-state index is 0. The van der Waals surface area contributed by atoms with Crippen LogP contribution < -0.4 is 34.0 Å². The van der Waals surface area contributed by atoms with Gasteiger partial charge in [0.25, 0.3) is 0 Å². The average Bonchev–Trinajstić information content (AvgIpc) is 2.14. The number of aryl methyl sites for hydroxylation is 2. The van der Waals surface area contributed by atoms with Gasteiger partial charge in [0.1, 0.15) is 12.4 Å². The molecule has 0 bridgehead atoms. The van der Waals surface area contributed by atoms with Gasteiger partial charge in [0.05, 0.1) is 13.6 Å². The van der Waals surface area contributed by atoms with E-state index < -0.39 is 0 Å². The Bertz CT molecular complexity index is 181. The van der Waals surface area contributed by atoms with Gasteiger partial charge in [-0.3, -0.25) is 0 Å². The summed E-state index contributed by atoms with van der Waals surface area (Å²) in [6.45, 7) is 3.18. The third kappa shape index (κ3) is 5.83. The van der Waals surface area contributed by atoms with Crippen molar-refractivity contribution in [1.82, 2.24) is 4.57 Å². The fraction of sp³-hybridized carbons (Fsp3) is 0.500. The molecule has 0 saturated heterocycles. The van der Waals surface area contributed by atoms with Gasteiger partial charge in [0.15, 0.2) is 0 Å². The summed E-state index contributed by atoms with van der Waals surface area (Å²) in [5.41, 5.74) is 0. The molecule has 0 aliphatic carbocycles. The molecule has 1 aromatic heterocycles. The van der Waals surface area contributed by atoms with E-state index in [1.807, 2.05) is 17.8 Å². The largest absolute Gasteiger partial charge is 1.00 e. The summed E-state index contributed by atoms with van der Waals surface area (Å²) in [4.78, 5) is 0. The molecule has 0 atom stereocenters. The molecular formula is C6H11BrClN2Zn. The Hall–Kier alpha value is 0.603. The van der Waals surface area contributed by atoms with Crippen molar-refractivity contribution in [3.05, 3.63) is 18.7 Å². The van der Waals surface area contributed by atoms with Crippen molar-refractivity contribution >= 4 is 0 Å². The quantitative estimate of drug-likeness (QED) is 0.360. The van der Waals surface area contributed by atoms with Crippen molar-refractivity contribution in [2.45, 2.75) is 13.5 Å². The molecule has 61 valence electrons. The van der Waals surface area contributed by atoms with Crippen LogP contribution in [0.15, 0.2) is 18.7 Å². The number of hydrogen-bond acceptors (Lipinski definition) is 0. The van der Waals surface area contributed by atoms with Crippen molar-refractivity contribution in [1.29, 1.82) is 0 Å². The van der Waals surface area contributed by atoms with E-state index in [0.717, 1.165) is 6.54 Å². The molecule has 1 radical (unpaired) electrons. The predicted octanol–water partition coefficient (Wildman–Crippen LogP) is -5.66. The number of nitrogens with zero attached hydrogens (tertiary/aromatic N) is 2. The van der Waals surface area contributed by atoms with E-state index in [9.17, 15) is 0 Å². The summed E-state index contributed by atoms with van der Waals surface area (Å²) in [5, 5.41) is 0. The van der Waals surface area contributed by atoms with Gasteiger partial charge >= 0.3 is 19.5 Å². The summed E-state index contributed by atoms with van der Waals surface area (Å²) in [7, 11) is 2.02. The number of rotatable bonds is 1. The Morgan fingerprint density at radius 1 is 1.45 bits per heavy atom. The monoisotopic (exact) mass is 289 g/mol. The van der Waals surface area contributed by atoms with Crippen LogP contribution in [0, 0.1) is 0 Å². The molecule has 1 aromatic rings.